The minimum absolute atomic E-state index is 0.205. The van der Waals surface area contributed by atoms with Crippen molar-refractivity contribution in [1.82, 2.24) is 0 Å². The van der Waals surface area contributed by atoms with Crippen LogP contribution >= 0.6 is 0 Å². The highest BCUT2D eigenvalue weighted by molar-refractivity contribution is 5.50. The molecule has 0 spiro atoms. The molecule has 2 aliphatic rings. The van der Waals surface area contributed by atoms with Crippen molar-refractivity contribution >= 4 is 11.4 Å². The Kier molecular flexibility index (Phi) is 3.78. The van der Waals surface area contributed by atoms with E-state index >= 15 is 0 Å². The average Bonchev–Trinajstić information content (AvgIpc) is 3.38. The van der Waals surface area contributed by atoms with Crippen LogP contribution in [0.4, 0.5) is 11.4 Å². The summed E-state index contributed by atoms with van der Waals surface area (Å²) < 4.78 is 11.1. The minimum atomic E-state index is -0.205. The lowest BCUT2D eigenvalue weighted by atomic mass is 10.0. The number of rotatable bonds is 6. The van der Waals surface area contributed by atoms with Gasteiger partial charge in [0.15, 0.2) is 11.4 Å². The Morgan fingerprint density at radius 1 is 0.720 bits per heavy atom. The van der Waals surface area contributed by atoms with Crippen molar-refractivity contribution in [2.75, 3.05) is 10.6 Å². The number of hydrogen-bond acceptors (Lipinski definition) is 4. The molecule has 0 radical (unpaired) electrons. The summed E-state index contributed by atoms with van der Waals surface area (Å²) in [7, 11) is 0. The van der Waals surface area contributed by atoms with Gasteiger partial charge in [-0.3, -0.25) is 0 Å². The topological polar surface area (TPSA) is 49.1 Å². The summed E-state index contributed by atoms with van der Waals surface area (Å²) in [5.41, 5.74) is 4.39. The van der Waals surface area contributed by atoms with Gasteiger partial charge in [-0.25, -0.2) is 0 Å². The lowest BCUT2D eigenvalue weighted by Crippen LogP contribution is -2.20. The number of benzene rings is 2. The van der Waals surface area contributed by atoms with Crippen LogP contribution in [0.1, 0.15) is 38.8 Å². The SMILES string of the molecule is CC1OC1(C)Nc1ccc(Cc2ccc(NC3(C)OC3C)cc2)cc1. The molecule has 4 heteroatoms. The molecule has 2 fully saturated rings. The second-order valence-corrected chi connectivity index (χ2v) is 7.55. The quantitative estimate of drug-likeness (QED) is 0.768. The van der Waals surface area contributed by atoms with Gasteiger partial charge in [0.1, 0.15) is 12.2 Å². The molecule has 2 aliphatic heterocycles. The predicted octanol–water partition coefficient (Wildman–Crippen LogP) is 4.37. The van der Waals surface area contributed by atoms with Crippen LogP contribution in [-0.4, -0.2) is 23.7 Å². The summed E-state index contributed by atoms with van der Waals surface area (Å²) >= 11 is 0. The van der Waals surface area contributed by atoms with Crippen molar-refractivity contribution in [3.05, 3.63) is 59.7 Å². The standard InChI is InChI=1S/C21H26N2O2/c1-14-20(3,24-14)22-18-9-5-16(6-10-18)13-17-7-11-19(12-8-17)23-21(4)15(2)25-21/h5-12,14-15,22-23H,13H2,1-4H3. The van der Waals surface area contributed by atoms with Crippen LogP contribution in [0, 0.1) is 0 Å². The van der Waals surface area contributed by atoms with Crippen LogP contribution in [0.5, 0.6) is 0 Å². The summed E-state index contributed by atoms with van der Waals surface area (Å²) in [6, 6.07) is 17.2. The second-order valence-electron chi connectivity index (χ2n) is 7.55. The first-order chi connectivity index (χ1) is 11.9. The number of nitrogens with one attached hydrogen (secondary N) is 2. The van der Waals surface area contributed by atoms with E-state index in [1.165, 1.54) is 11.1 Å². The Morgan fingerprint density at radius 2 is 1.04 bits per heavy atom. The molecular weight excluding hydrogens is 312 g/mol. The monoisotopic (exact) mass is 338 g/mol. The molecule has 25 heavy (non-hydrogen) atoms. The summed E-state index contributed by atoms with van der Waals surface area (Å²) in [6.45, 7) is 8.32. The summed E-state index contributed by atoms with van der Waals surface area (Å²) in [4.78, 5) is 0. The van der Waals surface area contributed by atoms with Crippen molar-refractivity contribution in [1.29, 1.82) is 0 Å². The van der Waals surface area contributed by atoms with Crippen molar-refractivity contribution in [3.63, 3.8) is 0 Å². The highest BCUT2D eigenvalue weighted by Crippen LogP contribution is 2.37. The first-order valence-corrected chi connectivity index (χ1v) is 8.96. The van der Waals surface area contributed by atoms with E-state index in [1.807, 2.05) is 0 Å². The highest BCUT2D eigenvalue weighted by Gasteiger charge is 2.49. The van der Waals surface area contributed by atoms with E-state index < -0.39 is 0 Å². The zero-order chi connectivity index (χ0) is 17.7. The fourth-order valence-electron chi connectivity index (χ4n) is 3.15. The Bertz CT molecular complexity index is 693. The minimum Gasteiger partial charge on any atom is -0.356 e. The first-order valence-electron chi connectivity index (χ1n) is 8.96. The van der Waals surface area contributed by atoms with Crippen molar-refractivity contribution in [2.24, 2.45) is 0 Å². The van der Waals surface area contributed by atoms with Gasteiger partial charge in [-0.2, -0.15) is 0 Å². The molecule has 2 aromatic carbocycles. The third-order valence-electron chi connectivity index (χ3n) is 5.38. The molecule has 0 amide bonds. The molecule has 0 saturated carbocycles. The van der Waals surface area contributed by atoms with Crippen LogP contribution in [0.15, 0.2) is 48.5 Å². The summed E-state index contributed by atoms with van der Waals surface area (Å²) in [5, 5.41) is 6.86. The average molecular weight is 338 g/mol. The largest absolute Gasteiger partial charge is 0.356 e. The van der Waals surface area contributed by atoms with Gasteiger partial charge >= 0.3 is 0 Å². The van der Waals surface area contributed by atoms with E-state index in [0.29, 0.717) is 0 Å². The molecule has 0 bridgehead atoms. The smallest absolute Gasteiger partial charge is 0.162 e. The van der Waals surface area contributed by atoms with Crippen LogP contribution in [0.2, 0.25) is 0 Å². The Hall–Kier alpha value is -2.04. The van der Waals surface area contributed by atoms with Gasteiger partial charge in [-0.15, -0.1) is 0 Å². The molecule has 2 N–H and O–H groups in total. The lowest BCUT2D eigenvalue weighted by molar-refractivity contribution is 0.334. The molecule has 132 valence electrons. The third-order valence-corrected chi connectivity index (χ3v) is 5.38. The molecule has 0 aromatic heterocycles. The van der Waals surface area contributed by atoms with Gasteiger partial charge < -0.3 is 20.1 Å². The number of hydrogen-bond donors (Lipinski definition) is 2. The molecule has 4 nitrogen and oxygen atoms in total. The van der Waals surface area contributed by atoms with Crippen LogP contribution < -0.4 is 10.6 Å². The molecule has 2 saturated heterocycles. The van der Waals surface area contributed by atoms with E-state index in [4.69, 9.17) is 9.47 Å². The molecule has 0 aliphatic carbocycles. The molecule has 2 aromatic rings. The van der Waals surface area contributed by atoms with Crippen molar-refractivity contribution in [2.45, 2.75) is 57.8 Å². The molecule has 4 rings (SSSR count). The molecule has 2 heterocycles. The van der Waals surface area contributed by atoms with Crippen LogP contribution in [0.3, 0.4) is 0 Å². The fourth-order valence-corrected chi connectivity index (χ4v) is 3.15. The summed E-state index contributed by atoms with van der Waals surface area (Å²) in [5.74, 6) is 0. The maximum atomic E-state index is 5.56. The Balaban J connectivity index is 1.35. The van der Waals surface area contributed by atoms with Crippen molar-refractivity contribution < 1.29 is 9.47 Å². The zero-order valence-corrected chi connectivity index (χ0v) is 15.3. The van der Waals surface area contributed by atoms with Crippen molar-refractivity contribution in [3.8, 4) is 0 Å². The zero-order valence-electron chi connectivity index (χ0n) is 15.3. The lowest BCUT2D eigenvalue weighted by Gasteiger charge is -2.12. The fraction of sp³-hybridized carbons (Fsp3) is 0.429. The van der Waals surface area contributed by atoms with Gasteiger partial charge in [0.05, 0.1) is 0 Å². The van der Waals surface area contributed by atoms with Gasteiger partial charge in [-0.1, -0.05) is 24.3 Å². The summed E-state index contributed by atoms with van der Waals surface area (Å²) in [6.07, 6.45) is 1.46. The number of ether oxygens (including phenoxy) is 2. The van der Waals surface area contributed by atoms with E-state index in [1.54, 1.807) is 0 Å². The van der Waals surface area contributed by atoms with Gasteiger partial charge in [0.25, 0.3) is 0 Å². The number of anilines is 2. The first kappa shape index (κ1) is 16.4. The van der Waals surface area contributed by atoms with E-state index in [9.17, 15) is 0 Å². The van der Waals surface area contributed by atoms with Gasteiger partial charge in [-0.05, 0) is 69.5 Å². The number of epoxide rings is 2. The predicted molar refractivity (Wildman–Crippen MR) is 101 cm³/mol. The molecule has 4 atom stereocenters. The molecule has 4 unspecified atom stereocenters. The second kappa shape index (κ2) is 5.75. The van der Waals surface area contributed by atoms with E-state index in [0.717, 1.165) is 17.8 Å². The highest BCUT2D eigenvalue weighted by atomic mass is 16.6. The molecular formula is C21H26N2O2. The van der Waals surface area contributed by atoms with Gasteiger partial charge in [0.2, 0.25) is 0 Å². The maximum Gasteiger partial charge on any atom is 0.162 e. The van der Waals surface area contributed by atoms with E-state index in [-0.39, 0.29) is 23.7 Å². The normalized spacial score (nSPS) is 33.0. The van der Waals surface area contributed by atoms with Crippen LogP contribution in [-0.2, 0) is 15.9 Å². The maximum absolute atomic E-state index is 5.56. The Morgan fingerprint density at radius 3 is 1.32 bits per heavy atom. The van der Waals surface area contributed by atoms with Crippen LogP contribution in [0.25, 0.3) is 0 Å². The van der Waals surface area contributed by atoms with E-state index in [2.05, 4.69) is 86.9 Å². The van der Waals surface area contributed by atoms with Gasteiger partial charge in [0, 0.05) is 11.4 Å². The Labute approximate surface area is 149 Å². The third kappa shape index (κ3) is 3.51.